The Hall–Kier alpha value is -2.87. The average molecular weight is 357 g/mol. The topological polar surface area (TPSA) is 97.3 Å². The number of nitrogens with zero attached hydrogens (tertiary/aromatic N) is 2. The Morgan fingerprint density at radius 3 is 2.62 bits per heavy atom. The molecule has 2 amide bonds. The van der Waals surface area contributed by atoms with E-state index in [0.717, 1.165) is 18.8 Å². The first-order valence-corrected chi connectivity index (χ1v) is 8.53. The molecule has 1 fully saturated rings. The highest BCUT2D eigenvalue weighted by Gasteiger charge is 2.28. The second kappa shape index (κ2) is 8.01. The van der Waals surface area contributed by atoms with Crippen molar-refractivity contribution in [1.29, 1.82) is 0 Å². The van der Waals surface area contributed by atoms with Gasteiger partial charge in [-0.2, -0.15) is 5.10 Å². The van der Waals surface area contributed by atoms with Gasteiger partial charge < -0.3 is 20.7 Å². The number of ether oxygens (including phenoxy) is 1. The van der Waals surface area contributed by atoms with E-state index in [1.165, 1.54) is 4.68 Å². The van der Waals surface area contributed by atoms with Gasteiger partial charge in [0.2, 0.25) is 11.8 Å². The molecule has 2 aromatic rings. The van der Waals surface area contributed by atoms with Crippen LogP contribution >= 0.6 is 0 Å². The Morgan fingerprint density at radius 1 is 1.27 bits per heavy atom. The van der Waals surface area contributed by atoms with Gasteiger partial charge in [0.1, 0.15) is 12.3 Å². The molecule has 1 aromatic heterocycles. The van der Waals surface area contributed by atoms with Crippen molar-refractivity contribution >= 4 is 23.2 Å². The Kier molecular flexibility index (Phi) is 5.52. The van der Waals surface area contributed by atoms with Crippen molar-refractivity contribution in [3.05, 3.63) is 36.7 Å². The minimum Gasteiger partial charge on any atom is -0.497 e. The Labute approximate surface area is 151 Å². The molecule has 0 bridgehead atoms. The standard InChI is InChI=1S/C18H23N5O3/c1-12(13-7-19-8-13)18(25)22-15-9-20-23(10-15)11-17(24)21-14-3-5-16(26-2)6-4-14/h3-6,9-10,12-13,19H,7-8,11H2,1-2H3,(H,21,24)(H,22,25). The second-order valence-corrected chi connectivity index (χ2v) is 6.40. The number of carbonyl (C=O) groups is 2. The van der Waals surface area contributed by atoms with E-state index in [9.17, 15) is 9.59 Å². The first kappa shape index (κ1) is 17.9. The molecule has 1 aliphatic heterocycles. The highest BCUT2D eigenvalue weighted by Crippen LogP contribution is 2.18. The number of methoxy groups -OCH3 is 1. The maximum absolute atomic E-state index is 12.2. The highest BCUT2D eigenvalue weighted by molar-refractivity contribution is 5.93. The molecule has 1 atom stereocenters. The zero-order valence-corrected chi connectivity index (χ0v) is 14.9. The number of benzene rings is 1. The molecule has 3 rings (SSSR count). The van der Waals surface area contributed by atoms with Gasteiger partial charge in [-0.15, -0.1) is 0 Å². The van der Waals surface area contributed by atoms with E-state index in [0.29, 0.717) is 17.3 Å². The van der Waals surface area contributed by atoms with Crippen LogP contribution in [0.15, 0.2) is 36.7 Å². The Balaban J connectivity index is 1.50. The molecule has 1 saturated heterocycles. The van der Waals surface area contributed by atoms with Crippen molar-refractivity contribution in [3.8, 4) is 5.75 Å². The number of aromatic nitrogens is 2. The molecule has 26 heavy (non-hydrogen) atoms. The maximum atomic E-state index is 12.2. The molecule has 3 N–H and O–H groups in total. The molecule has 8 nitrogen and oxygen atoms in total. The van der Waals surface area contributed by atoms with Gasteiger partial charge in [-0.05, 0) is 43.3 Å². The lowest BCUT2D eigenvalue weighted by Gasteiger charge is -2.31. The first-order chi connectivity index (χ1) is 12.5. The zero-order chi connectivity index (χ0) is 18.5. The minimum atomic E-state index is -0.204. The van der Waals surface area contributed by atoms with E-state index in [1.807, 2.05) is 6.92 Å². The molecular formula is C18H23N5O3. The predicted octanol–water partition coefficient (Wildman–Crippen LogP) is 1.32. The number of hydrogen-bond acceptors (Lipinski definition) is 5. The number of amides is 2. The number of carbonyl (C=O) groups excluding carboxylic acids is 2. The average Bonchev–Trinajstić information content (AvgIpc) is 3.00. The molecule has 0 aliphatic carbocycles. The van der Waals surface area contributed by atoms with Crippen molar-refractivity contribution < 1.29 is 14.3 Å². The van der Waals surface area contributed by atoms with E-state index >= 15 is 0 Å². The van der Waals surface area contributed by atoms with E-state index in [2.05, 4.69) is 21.0 Å². The van der Waals surface area contributed by atoms with Gasteiger partial charge in [0.15, 0.2) is 0 Å². The molecule has 8 heteroatoms. The maximum Gasteiger partial charge on any atom is 0.246 e. The summed E-state index contributed by atoms with van der Waals surface area (Å²) in [5.41, 5.74) is 1.27. The molecule has 1 aliphatic rings. The van der Waals surface area contributed by atoms with Gasteiger partial charge in [0.25, 0.3) is 0 Å². The van der Waals surface area contributed by atoms with Crippen molar-refractivity contribution in [2.45, 2.75) is 13.5 Å². The van der Waals surface area contributed by atoms with Crippen LogP contribution in [0, 0.1) is 11.8 Å². The summed E-state index contributed by atoms with van der Waals surface area (Å²) < 4.78 is 6.57. The normalized spacial score (nSPS) is 15.0. The summed E-state index contributed by atoms with van der Waals surface area (Å²) in [7, 11) is 1.59. The van der Waals surface area contributed by atoms with Crippen LogP contribution in [-0.4, -0.2) is 41.8 Å². The van der Waals surface area contributed by atoms with Crippen molar-refractivity contribution in [3.63, 3.8) is 0 Å². The lowest BCUT2D eigenvalue weighted by atomic mass is 9.88. The lowest BCUT2D eigenvalue weighted by Crippen LogP contribution is -2.48. The van der Waals surface area contributed by atoms with E-state index in [4.69, 9.17) is 4.74 Å². The molecule has 0 saturated carbocycles. The van der Waals surface area contributed by atoms with Crippen LogP contribution in [0.1, 0.15) is 6.92 Å². The Morgan fingerprint density at radius 2 is 2.00 bits per heavy atom. The SMILES string of the molecule is COc1ccc(NC(=O)Cn2cc(NC(=O)C(C)C3CNC3)cn2)cc1. The number of nitrogens with one attached hydrogen (secondary N) is 3. The summed E-state index contributed by atoms with van der Waals surface area (Å²) in [6.45, 7) is 3.73. The van der Waals surface area contributed by atoms with E-state index in [1.54, 1.807) is 43.8 Å². The van der Waals surface area contributed by atoms with Crippen LogP contribution in [0.25, 0.3) is 0 Å². The van der Waals surface area contributed by atoms with Gasteiger partial charge in [0.05, 0.1) is 19.0 Å². The fourth-order valence-corrected chi connectivity index (χ4v) is 2.67. The third-order valence-corrected chi connectivity index (χ3v) is 4.51. The van der Waals surface area contributed by atoms with Gasteiger partial charge >= 0.3 is 0 Å². The molecule has 138 valence electrons. The van der Waals surface area contributed by atoms with Crippen LogP contribution in [0.4, 0.5) is 11.4 Å². The van der Waals surface area contributed by atoms with Gasteiger partial charge in [0, 0.05) is 17.8 Å². The van der Waals surface area contributed by atoms with Crippen LogP contribution in [0.3, 0.4) is 0 Å². The number of hydrogen-bond donors (Lipinski definition) is 3. The fraction of sp³-hybridized carbons (Fsp3) is 0.389. The summed E-state index contributed by atoms with van der Waals surface area (Å²) in [5.74, 6) is 0.810. The predicted molar refractivity (Wildman–Crippen MR) is 98.0 cm³/mol. The van der Waals surface area contributed by atoms with Gasteiger partial charge in [-0.25, -0.2) is 0 Å². The smallest absolute Gasteiger partial charge is 0.246 e. The monoisotopic (exact) mass is 357 g/mol. The third-order valence-electron chi connectivity index (χ3n) is 4.51. The minimum absolute atomic E-state index is 0.0289. The Bertz CT molecular complexity index is 767. The lowest BCUT2D eigenvalue weighted by molar-refractivity contribution is -0.121. The molecule has 0 radical (unpaired) electrons. The van der Waals surface area contributed by atoms with Crippen LogP contribution in [-0.2, 0) is 16.1 Å². The third kappa shape index (κ3) is 4.40. The van der Waals surface area contributed by atoms with E-state index in [-0.39, 0.29) is 24.3 Å². The number of anilines is 2. The van der Waals surface area contributed by atoms with Crippen LogP contribution in [0.5, 0.6) is 5.75 Å². The van der Waals surface area contributed by atoms with Crippen molar-refractivity contribution in [2.75, 3.05) is 30.8 Å². The summed E-state index contributed by atoms with van der Waals surface area (Å²) in [6.07, 6.45) is 3.20. The molecule has 1 unspecified atom stereocenters. The molecule has 1 aromatic carbocycles. The van der Waals surface area contributed by atoms with Gasteiger partial charge in [-0.1, -0.05) is 6.92 Å². The number of rotatable bonds is 7. The zero-order valence-electron chi connectivity index (χ0n) is 14.9. The van der Waals surface area contributed by atoms with Crippen molar-refractivity contribution in [2.24, 2.45) is 11.8 Å². The van der Waals surface area contributed by atoms with E-state index < -0.39 is 0 Å². The quantitative estimate of drug-likeness (QED) is 0.694. The molecular weight excluding hydrogens is 334 g/mol. The summed E-state index contributed by atoms with van der Waals surface area (Å²) >= 11 is 0. The second-order valence-electron chi connectivity index (χ2n) is 6.40. The fourth-order valence-electron chi connectivity index (χ4n) is 2.67. The van der Waals surface area contributed by atoms with Gasteiger partial charge in [-0.3, -0.25) is 14.3 Å². The molecule has 0 spiro atoms. The van der Waals surface area contributed by atoms with Crippen LogP contribution < -0.4 is 20.7 Å². The van der Waals surface area contributed by atoms with Crippen LogP contribution in [0.2, 0.25) is 0 Å². The van der Waals surface area contributed by atoms with Crippen molar-refractivity contribution in [1.82, 2.24) is 15.1 Å². The largest absolute Gasteiger partial charge is 0.497 e. The summed E-state index contributed by atoms with van der Waals surface area (Å²) in [4.78, 5) is 24.3. The highest BCUT2D eigenvalue weighted by atomic mass is 16.5. The summed E-state index contributed by atoms with van der Waals surface area (Å²) in [5, 5.41) is 12.9. The summed E-state index contributed by atoms with van der Waals surface area (Å²) in [6, 6.07) is 7.08. The first-order valence-electron chi connectivity index (χ1n) is 8.53. The molecule has 2 heterocycles.